The number of nitrogens with zero attached hydrogens (tertiary/aromatic N) is 3. The van der Waals surface area contributed by atoms with Crippen molar-refractivity contribution in [1.29, 1.82) is 0 Å². The number of amides is 1. The van der Waals surface area contributed by atoms with Gasteiger partial charge in [0.05, 0.1) is 19.1 Å². The Balaban J connectivity index is 1.56. The molecule has 3 rings (SSSR count). The number of piperidine rings is 1. The van der Waals surface area contributed by atoms with Crippen LogP contribution in [-0.4, -0.2) is 54.3 Å². The van der Waals surface area contributed by atoms with Crippen LogP contribution in [0.1, 0.15) is 24.3 Å². The Morgan fingerprint density at radius 3 is 3.15 bits per heavy atom. The fourth-order valence-corrected chi connectivity index (χ4v) is 3.25. The second-order valence-corrected chi connectivity index (χ2v) is 6.74. The molecule has 2 aromatic rings. The van der Waals surface area contributed by atoms with Crippen molar-refractivity contribution in [3.8, 4) is 11.4 Å². The predicted molar refractivity (Wildman–Crippen MR) is 97.4 cm³/mol. The number of methoxy groups -OCH3 is 1. The summed E-state index contributed by atoms with van der Waals surface area (Å²) in [7, 11) is 1.63. The zero-order chi connectivity index (χ0) is 18.4. The summed E-state index contributed by atoms with van der Waals surface area (Å²) in [5, 5.41) is 7.02. The summed E-state index contributed by atoms with van der Waals surface area (Å²) in [6, 6.07) is 8.03. The van der Waals surface area contributed by atoms with E-state index < -0.39 is 0 Å². The molecule has 0 saturated carbocycles. The first-order chi connectivity index (χ1) is 12.7. The van der Waals surface area contributed by atoms with Crippen molar-refractivity contribution in [3.05, 3.63) is 35.7 Å². The number of rotatable bonds is 7. The van der Waals surface area contributed by atoms with Crippen LogP contribution in [0, 0.1) is 12.8 Å². The monoisotopic (exact) mass is 358 g/mol. The topological polar surface area (TPSA) is 80.5 Å². The van der Waals surface area contributed by atoms with Crippen molar-refractivity contribution in [2.24, 2.45) is 5.92 Å². The van der Waals surface area contributed by atoms with Crippen molar-refractivity contribution in [2.75, 3.05) is 33.4 Å². The maximum atomic E-state index is 12.2. The molecule has 1 aliphatic rings. The van der Waals surface area contributed by atoms with Gasteiger partial charge in [-0.3, -0.25) is 9.69 Å². The van der Waals surface area contributed by atoms with Gasteiger partial charge in [-0.25, -0.2) is 0 Å². The van der Waals surface area contributed by atoms with Gasteiger partial charge in [0, 0.05) is 25.8 Å². The molecule has 7 nitrogen and oxygen atoms in total. The Morgan fingerprint density at radius 1 is 1.46 bits per heavy atom. The van der Waals surface area contributed by atoms with Gasteiger partial charge in [-0.05, 0) is 32.4 Å². The summed E-state index contributed by atoms with van der Waals surface area (Å²) in [4.78, 5) is 19.0. The number of ether oxygens (including phenoxy) is 1. The molecular formula is C19H26N4O3. The van der Waals surface area contributed by atoms with E-state index in [1.807, 2.05) is 31.2 Å². The molecule has 0 spiro atoms. The average Bonchev–Trinajstić information content (AvgIpc) is 3.10. The summed E-state index contributed by atoms with van der Waals surface area (Å²) in [5.41, 5.74) is 2.11. The Labute approximate surface area is 153 Å². The molecule has 0 radical (unpaired) electrons. The highest BCUT2D eigenvalue weighted by molar-refractivity contribution is 5.78. The highest BCUT2D eigenvalue weighted by atomic mass is 16.5. The second kappa shape index (κ2) is 8.91. The van der Waals surface area contributed by atoms with Crippen molar-refractivity contribution < 1.29 is 14.1 Å². The minimum Gasteiger partial charge on any atom is -0.383 e. The van der Waals surface area contributed by atoms with Crippen molar-refractivity contribution in [1.82, 2.24) is 20.4 Å². The largest absolute Gasteiger partial charge is 0.383 e. The van der Waals surface area contributed by atoms with E-state index in [1.165, 1.54) is 0 Å². The van der Waals surface area contributed by atoms with Crippen LogP contribution in [0.15, 0.2) is 28.8 Å². The van der Waals surface area contributed by atoms with Gasteiger partial charge in [-0.2, -0.15) is 4.98 Å². The van der Waals surface area contributed by atoms with Crippen molar-refractivity contribution in [2.45, 2.75) is 26.3 Å². The van der Waals surface area contributed by atoms with Crippen LogP contribution in [0.2, 0.25) is 0 Å². The molecule has 0 aliphatic carbocycles. The lowest BCUT2D eigenvalue weighted by Gasteiger charge is -2.30. The molecule has 7 heteroatoms. The Morgan fingerprint density at radius 2 is 2.35 bits per heavy atom. The van der Waals surface area contributed by atoms with Gasteiger partial charge >= 0.3 is 0 Å². The molecule has 2 heterocycles. The summed E-state index contributed by atoms with van der Waals surface area (Å²) < 4.78 is 10.4. The molecule has 26 heavy (non-hydrogen) atoms. The molecular weight excluding hydrogens is 332 g/mol. The molecule has 1 atom stereocenters. The van der Waals surface area contributed by atoms with Gasteiger partial charge < -0.3 is 14.6 Å². The highest BCUT2D eigenvalue weighted by Gasteiger charge is 2.26. The minimum absolute atomic E-state index is 0.000212. The van der Waals surface area contributed by atoms with E-state index in [2.05, 4.69) is 20.4 Å². The fraction of sp³-hybridized carbons (Fsp3) is 0.526. The van der Waals surface area contributed by atoms with E-state index in [9.17, 15) is 4.79 Å². The SMILES string of the molecule is COCCNC(=O)C1CCCN(Cc2nc(-c3cccc(C)c3)no2)C1. The van der Waals surface area contributed by atoms with E-state index in [4.69, 9.17) is 9.26 Å². The maximum absolute atomic E-state index is 12.2. The normalized spacial score (nSPS) is 18.0. The summed E-state index contributed by atoms with van der Waals surface area (Å²) in [5.74, 6) is 1.29. The molecule has 1 N–H and O–H groups in total. The van der Waals surface area contributed by atoms with E-state index in [0.29, 0.717) is 38.0 Å². The third-order valence-electron chi connectivity index (χ3n) is 4.58. The quantitative estimate of drug-likeness (QED) is 0.763. The Kier molecular flexibility index (Phi) is 6.35. The molecule has 1 aromatic carbocycles. The number of hydrogen-bond donors (Lipinski definition) is 1. The summed E-state index contributed by atoms with van der Waals surface area (Å²) >= 11 is 0. The Bertz CT molecular complexity index is 731. The number of hydrogen-bond acceptors (Lipinski definition) is 6. The van der Waals surface area contributed by atoms with Crippen molar-refractivity contribution >= 4 is 5.91 Å². The summed E-state index contributed by atoms with van der Waals surface area (Å²) in [6.45, 7) is 5.34. The molecule has 1 aliphatic heterocycles. The average molecular weight is 358 g/mol. The van der Waals surface area contributed by atoms with Gasteiger partial charge in [0.1, 0.15) is 0 Å². The Hall–Kier alpha value is -2.25. The lowest BCUT2D eigenvalue weighted by atomic mass is 9.97. The zero-order valence-electron chi connectivity index (χ0n) is 15.4. The van der Waals surface area contributed by atoms with Gasteiger partial charge in [0.25, 0.3) is 0 Å². The number of benzene rings is 1. The number of carbonyl (C=O) groups excluding carboxylic acids is 1. The molecule has 140 valence electrons. The number of nitrogens with one attached hydrogen (secondary N) is 1. The van der Waals surface area contributed by atoms with Crippen LogP contribution in [0.5, 0.6) is 0 Å². The number of carbonyl (C=O) groups is 1. The lowest BCUT2D eigenvalue weighted by Crippen LogP contribution is -2.43. The summed E-state index contributed by atoms with van der Waals surface area (Å²) in [6.07, 6.45) is 1.90. The minimum atomic E-state index is -0.000212. The van der Waals surface area contributed by atoms with Gasteiger partial charge in [-0.1, -0.05) is 28.9 Å². The smallest absolute Gasteiger partial charge is 0.241 e. The van der Waals surface area contributed by atoms with Gasteiger partial charge in [0.2, 0.25) is 17.6 Å². The van der Waals surface area contributed by atoms with Crippen LogP contribution >= 0.6 is 0 Å². The zero-order valence-corrected chi connectivity index (χ0v) is 15.4. The molecule has 1 fully saturated rings. The standard InChI is InChI=1S/C19H26N4O3/c1-14-5-3-6-15(11-14)18-21-17(26-22-18)13-23-9-4-7-16(12-23)19(24)20-8-10-25-2/h3,5-6,11,16H,4,7-10,12-13H2,1-2H3,(H,20,24). The van der Waals surface area contributed by atoms with Gasteiger partial charge in [0.15, 0.2) is 0 Å². The number of aryl methyl sites for hydroxylation is 1. The maximum Gasteiger partial charge on any atom is 0.241 e. The van der Waals surface area contributed by atoms with E-state index in [1.54, 1.807) is 7.11 Å². The van der Waals surface area contributed by atoms with Crippen LogP contribution in [0.4, 0.5) is 0 Å². The molecule has 1 saturated heterocycles. The highest BCUT2D eigenvalue weighted by Crippen LogP contribution is 2.20. The van der Waals surface area contributed by atoms with Crippen LogP contribution in [0.25, 0.3) is 11.4 Å². The second-order valence-electron chi connectivity index (χ2n) is 6.74. The van der Waals surface area contributed by atoms with Crippen LogP contribution in [0.3, 0.4) is 0 Å². The van der Waals surface area contributed by atoms with E-state index in [0.717, 1.165) is 30.5 Å². The first kappa shape index (κ1) is 18.5. The molecule has 1 amide bonds. The van der Waals surface area contributed by atoms with E-state index >= 15 is 0 Å². The van der Waals surface area contributed by atoms with Crippen LogP contribution in [-0.2, 0) is 16.1 Å². The van der Waals surface area contributed by atoms with Crippen molar-refractivity contribution in [3.63, 3.8) is 0 Å². The molecule has 1 aromatic heterocycles. The fourth-order valence-electron chi connectivity index (χ4n) is 3.25. The third kappa shape index (κ3) is 4.89. The predicted octanol–water partition coefficient (Wildman–Crippen LogP) is 2.02. The first-order valence-electron chi connectivity index (χ1n) is 9.04. The number of likely N-dealkylation sites (tertiary alicyclic amines) is 1. The molecule has 0 bridgehead atoms. The van der Waals surface area contributed by atoms with Gasteiger partial charge in [-0.15, -0.1) is 0 Å². The number of aromatic nitrogens is 2. The lowest BCUT2D eigenvalue weighted by molar-refractivity contribution is -0.127. The van der Waals surface area contributed by atoms with Crippen LogP contribution < -0.4 is 5.32 Å². The van der Waals surface area contributed by atoms with E-state index in [-0.39, 0.29) is 11.8 Å². The molecule has 1 unspecified atom stereocenters. The first-order valence-corrected chi connectivity index (χ1v) is 9.04. The third-order valence-corrected chi connectivity index (χ3v) is 4.58.